The van der Waals surface area contributed by atoms with Gasteiger partial charge in [-0.15, -0.1) is 11.8 Å². The Hall–Kier alpha value is -1.50. The number of hydrogen-bond acceptors (Lipinski definition) is 4. The van der Waals surface area contributed by atoms with E-state index in [2.05, 4.69) is 0 Å². The average molecular weight is 308 g/mol. The Morgan fingerprint density at radius 2 is 1.80 bits per heavy atom. The third-order valence-corrected chi connectivity index (χ3v) is 5.13. The van der Waals surface area contributed by atoms with Crippen LogP contribution in [0, 0.1) is 6.92 Å². The Morgan fingerprint density at radius 3 is 2.40 bits per heavy atom. The quantitative estimate of drug-likeness (QED) is 0.671. The van der Waals surface area contributed by atoms with Crippen molar-refractivity contribution in [1.82, 2.24) is 0 Å². The third kappa shape index (κ3) is 3.53. The Balaban J connectivity index is 2.31. The second kappa shape index (κ2) is 5.87. The van der Waals surface area contributed by atoms with Crippen LogP contribution in [0.3, 0.4) is 0 Å². The Morgan fingerprint density at radius 1 is 1.15 bits per heavy atom. The van der Waals surface area contributed by atoms with Gasteiger partial charge >= 0.3 is 0 Å². The van der Waals surface area contributed by atoms with E-state index in [0.717, 1.165) is 16.2 Å². The van der Waals surface area contributed by atoms with Gasteiger partial charge in [-0.05, 0) is 30.2 Å². The first kappa shape index (κ1) is 14.9. The van der Waals surface area contributed by atoms with Crippen molar-refractivity contribution in [3.05, 3.63) is 53.6 Å². The molecule has 4 N–H and O–H groups in total. The van der Waals surface area contributed by atoms with Crippen LogP contribution in [0.4, 0.5) is 5.69 Å². The highest BCUT2D eigenvalue weighted by molar-refractivity contribution is 7.98. The molecule has 0 radical (unpaired) electrons. The zero-order valence-electron chi connectivity index (χ0n) is 11.0. The number of nitrogens with two attached hydrogens (primary N) is 2. The minimum atomic E-state index is -3.75. The van der Waals surface area contributed by atoms with Crippen LogP contribution in [0.5, 0.6) is 0 Å². The summed E-state index contributed by atoms with van der Waals surface area (Å²) >= 11 is 1.54. The van der Waals surface area contributed by atoms with Crippen LogP contribution < -0.4 is 10.9 Å². The number of nitrogen functional groups attached to an aromatic ring is 1. The summed E-state index contributed by atoms with van der Waals surface area (Å²) in [4.78, 5) is 0.922. The van der Waals surface area contributed by atoms with E-state index in [-0.39, 0.29) is 4.90 Å². The number of rotatable bonds is 4. The monoisotopic (exact) mass is 308 g/mol. The lowest BCUT2D eigenvalue weighted by Gasteiger charge is -2.11. The van der Waals surface area contributed by atoms with Gasteiger partial charge in [0.2, 0.25) is 10.0 Å². The molecule has 6 heteroatoms. The van der Waals surface area contributed by atoms with Crippen molar-refractivity contribution in [2.45, 2.75) is 22.5 Å². The van der Waals surface area contributed by atoms with Crippen LogP contribution in [0.15, 0.2) is 52.3 Å². The van der Waals surface area contributed by atoms with Gasteiger partial charge in [-0.3, -0.25) is 0 Å². The van der Waals surface area contributed by atoms with Crippen LogP contribution >= 0.6 is 11.8 Å². The molecule has 2 aromatic carbocycles. The van der Waals surface area contributed by atoms with Crippen LogP contribution in [0.25, 0.3) is 0 Å². The van der Waals surface area contributed by atoms with Gasteiger partial charge in [-0.1, -0.05) is 30.3 Å². The fraction of sp³-hybridized carbons (Fsp3) is 0.143. The van der Waals surface area contributed by atoms with E-state index in [1.165, 1.54) is 6.07 Å². The highest BCUT2D eigenvalue weighted by Crippen LogP contribution is 2.31. The maximum atomic E-state index is 11.5. The zero-order valence-corrected chi connectivity index (χ0v) is 12.7. The molecule has 0 aliphatic carbocycles. The number of primary sulfonamides is 1. The molecule has 106 valence electrons. The highest BCUT2D eigenvalue weighted by Gasteiger charge is 2.15. The molecule has 0 heterocycles. The first-order valence-electron chi connectivity index (χ1n) is 5.97. The van der Waals surface area contributed by atoms with Crippen molar-refractivity contribution in [2.75, 3.05) is 5.73 Å². The molecule has 0 atom stereocenters. The lowest BCUT2D eigenvalue weighted by Crippen LogP contribution is -2.14. The molecule has 0 spiro atoms. The molecule has 0 saturated carbocycles. The van der Waals surface area contributed by atoms with Crippen LogP contribution in [-0.2, 0) is 15.8 Å². The molecule has 2 rings (SSSR count). The van der Waals surface area contributed by atoms with Gasteiger partial charge in [0.25, 0.3) is 0 Å². The summed E-state index contributed by atoms with van der Waals surface area (Å²) in [5.74, 6) is 0.745. The first-order valence-corrected chi connectivity index (χ1v) is 8.51. The van der Waals surface area contributed by atoms with Crippen molar-refractivity contribution in [1.29, 1.82) is 0 Å². The fourth-order valence-corrected chi connectivity index (χ4v) is 3.83. The van der Waals surface area contributed by atoms with E-state index in [1.54, 1.807) is 24.8 Å². The Labute approximate surface area is 123 Å². The highest BCUT2D eigenvalue weighted by atomic mass is 32.2. The second-order valence-electron chi connectivity index (χ2n) is 4.46. The van der Waals surface area contributed by atoms with Gasteiger partial charge in [0.05, 0.1) is 4.90 Å². The molecule has 0 fully saturated rings. The standard InChI is InChI=1S/C14H16N2O2S2/c1-10-13(19-9-11-5-3-2-4-6-11)7-12(15)8-14(10)20(16,17)18/h2-8H,9,15H2,1H3,(H2,16,17,18). The maximum absolute atomic E-state index is 11.5. The van der Waals surface area contributed by atoms with Gasteiger partial charge in [-0.2, -0.15) is 0 Å². The van der Waals surface area contributed by atoms with Gasteiger partial charge < -0.3 is 5.73 Å². The topological polar surface area (TPSA) is 86.2 Å². The minimum absolute atomic E-state index is 0.0908. The molecule has 0 aliphatic rings. The molecule has 4 nitrogen and oxygen atoms in total. The number of thioether (sulfide) groups is 1. The van der Waals surface area contributed by atoms with Gasteiger partial charge in [0.1, 0.15) is 0 Å². The van der Waals surface area contributed by atoms with E-state index < -0.39 is 10.0 Å². The molecular weight excluding hydrogens is 292 g/mol. The third-order valence-electron chi connectivity index (χ3n) is 2.88. The average Bonchev–Trinajstić information content (AvgIpc) is 2.39. The molecule has 20 heavy (non-hydrogen) atoms. The molecule has 0 aliphatic heterocycles. The van der Waals surface area contributed by atoms with Gasteiger partial charge in [0.15, 0.2) is 0 Å². The smallest absolute Gasteiger partial charge is 0.238 e. The Bertz CT molecular complexity index is 713. The summed E-state index contributed by atoms with van der Waals surface area (Å²) in [7, 11) is -3.75. The normalized spacial score (nSPS) is 11.5. The largest absolute Gasteiger partial charge is 0.399 e. The molecule has 0 saturated heterocycles. The van der Waals surface area contributed by atoms with Crippen molar-refractivity contribution in [3.63, 3.8) is 0 Å². The zero-order chi connectivity index (χ0) is 14.8. The fourth-order valence-electron chi connectivity index (χ4n) is 1.86. The SMILES string of the molecule is Cc1c(SCc2ccccc2)cc(N)cc1S(N)(=O)=O. The predicted octanol–water partition coefficient (Wildman–Crippen LogP) is 2.52. The second-order valence-corrected chi connectivity index (χ2v) is 7.01. The van der Waals surface area contributed by atoms with E-state index in [1.807, 2.05) is 30.3 Å². The lowest BCUT2D eigenvalue weighted by atomic mass is 10.2. The minimum Gasteiger partial charge on any atom is -0.399 e. The van der Waals surface area contributed by atoms with Crippen molar-refractivity contribution < 1.29 is 8.42 Å². The van der Waals surface area contributed by atoms with Gasteiger partial charge in [0, 0.05) is 16.3 Å². The van der Waals surface area contributed by atoms with E-state index in [0.29, 0.717) is 11.3 Å². The molecule has 0 unspecified atom stereocenters. The van der Waals surface area contributed by atoms with Crippen molar-refractivity contribution in [3.8, 4) is 0 Å². The van der Waals surface area contributed by atoms with E-state index in [9.17, 15) is 8.42 Å². The summed E-state index contributed by atoms with van der Waals surface area (Å²) in [5, 5.41) is 5.21. The molecule has 0 amide bonds. The maximum Gasteiger partial charge on any atom is 0.238 e. The number of anilines is 1. The number of sulfonamides is 1. The number of benzene rings is 2. The Kier molecular flexibility index (Phi) is 4.37. The molecular formula is C14H16N2O2S2. The van der Waals surface area contributed by atoms with E-state index in [4.69, 9.17) is 10.9 Å². The predicted molar refractivity (Wildman–Crippen MR) is 83.0 cm³/mol. The van der Waals surface area contributed by atoms with Gasteiger partial charge in [-0.25, -0.2) is 13.6 Å². The summed E-state index contributed by atoms with van der Waals surface area (Å²) in [6.45, 7) is 1.74. The number of hydrogen-bond donors (Lipinski definition) is 2. The first-order chi connectivity index (χ1) is 9.38. The van der Waals surface area contributed by atoms with Crippen molar-refractivity contribution in [2.24, 2.45) is 5.14 Å². The van der Waals surface area contributed by atoms with Crippen LogP contribution in [-0.4, -0.2) is 8.42 Å². The van der Waals surface area contributed by atoms with E-state index >= 15 is 0 Å². The van der Waals surface area contributed by atoms with Crippen LogP contribution in [0.1, 0.15) is 11.1 Å². The summed E-state index contributed by atoms with van der Waals surface area (Å²) in [6, 6.07) is 13.1. The lowest BCUT2D eigenvalue weighted by molar-refractivity contribution is 0.597. The van der Waals surface area contributed by atoms with Crippen molar-refractivity contribution >= 4 is 27.5 Å². The summed E-state index contributed by atoms with van der Waals surface area (Å²) in [6.07, 6.45) is 0. The summed E-state index contributed by atoms with van der Waals surface area (Å²) < 4.78 is 23.1. The molecule has 2 aromatic rings. The van der Waals surface area contributed by atoms with Crippen LogP contribution in [0.2, 0.25) is 0 Å². The molecule has 0 bridgehead atoms. The molecule has 0 aromatic heterocycles. The summed E-state index contributed by atoms with van der Waals surface area (Å²) in [5.41, 5.74) is 7.96.